The average molecular weight is 359 g/mol. The summed E-state index contributed by atoms with van der Waals surface area (Å²) < 4.78 is 10.4. The second-order valence-corrected chi connectivity index (χ2v) is 5.35. The third-order valence-electron chi connectivity index (χ3n) is 2.85. The lowest BCUT2D eigenvalue weighted by molar-refractivity contribution is -0.123. The lowest BCUT2D eigenvalue weighted by Gasteiger charge is -2.10. The largest absolute Gasteiger partial charge is 0.484 e. The van der Waals surface area contributed by atoms with Gasteiger partial charge in [-0.15, -0.1) is 0 Å². The summed E-state index contributed by atoms with van der Waals surface area (Å²) in [4.78, 5) is 23.3. The van der Waals surface area contributed by atoms with E-state index in [1.165, 1.54) is 18.4 Å². The fraction of sp³-hybridized carbons (Fsp3) is 0.118. The highest BCUT2D eigenvalue weighted by atomic mass is 32.1. The predicted molar refractivity (Wildman–Crippen MR) is 96.4 cm³/mol. The third-order valence-corrected chi connectivity index (χ3v) is 3.06. The van der Waals surface area contributed by atoms with Crippen LogP contribution in [0.5, 0.6) is 5.75 Å². The number of furan rings is 1. The number of hydrogen-bond donors (Lipinski definition) is 3. The minimum absolute atomic E-state index is 0.0435. The van der Waals surface area contributed by atoms with Gasteiger partial charge in [-0.2, -0.15) is 0 Å². The number of carbonyl (C=O) groups is 2. The van der Waals surface area contributed by atoms with Gasteiger partial charge in [0.1, 0.15) is 11.5 Å². The molecule has 0 radical (unpaired) electrons. The molecule has 1 aromatic heterocycles. The Bertz CT molecular complexity index is 772. The number of hydrazine groups is 1. The first kappa shape index (κ1) is 18.2. The summed E-state index contributed by atoms with van der Waals surface area (Å²) in [7, 11) is 0. The number of carbonyl (C=O) groups excluding carboxylic acids is 2. The molecule has 0 saturated heterocycles. The van der Waals surface area contributed by atoms with Gasteiger partial charge >= 0.3 is 0 Å². The number of aryl methyl sites for hydroxylation is 1. The molecule has 0 bridgehead atoms. The van der Waals surface area contributed by atoms with Crippen LogP contribution in [0, 0.1) is 6.92 Å². The van der Waals surface area contributed by atoms with Crippen LogP contribution in [0.2, 0.25) is 0 Å². The Labute approximate surface area is 150 Å². The number of hydrogen-bond acceptors (Lipinski definition) is 5. The van der Waals surface area contributed by atoms with Gasteiger partial charge in [-0.3, -0.25) is 25.8 Å². The first-order valence-electron chi connectivity index (χ1n) is 7.34. The summed E-state index contributed by atoms with van der Waals surface area (Å²) in [5.41, 5.74) is 5.78. The van der Waals surface area contributed by atoms with Crippen molar-refractivity contribution in [2.75, 3.05) is 6.61 Å². The van der Waals surface area contributed by atoms with Crippen molar-refractivity contribution >= 4 is 35.2 Å². The van der Waals surface area contributed by atoms with Gasteiger partial charge < -0.3 is 9.15 Å². The summed E-state index contributed by atoms with van der Waals surface area (Å²) in [5, 5.41) is 2.33. The van der Waals surface area contributed by atoms with Crippen molar-refractivity contribution in [1.29, 1.82) is 0 Å². The molecule has 8 heteroatoms. The fourth-order valence-electron chi connectivity index (χ4n) is 1.75. The molecule has 130 valence electrons. The maximum Gasteiger partial charge on any atom is 0.276 e. The van der Waals surface area contributed by atoms with E-state index in [2.05, 4.69) is 16.2 Å². The molecule has 0 unspecified atom stereocenters. The Morgan fingerprint density at radius 3 is 2.80 bits per heavy atom. The molecule has 0 aliphatic rings. The first-order valence-corrected chi connectivity index (χ1v) is 7.74. The normalized spacial score (nSPS) is 10.3. The van der Waals surface area contributed by atoms with Crippen LogP contribution in [0.3, 0.4) is 0 Å². The third kappa shape index (κ3) is 6.88. The van der Waals surface area contributed by atoms with Gasteiger partial charge in [0, 0.05) is 6.08 Å². The number of ether oxygens (including phenoxy) is 1. The predicted octanol–water partition coefficient (Wildman–Crippen LogP) is 1.70. The van der Waals surface area contributed by atoms with Crippen molar-refractivity contribution in [3.63, 3.8) is 0 Å². The van der Waals surface area contributed by atoms with E-state index in [9.17, 15) is 9.59 Å². The summed E-state index contributed by atoms with van der Waals surface area (Å²) in [5.74, 6) is 0.230. The minimum atomic E-state index is -0.459. The molecule has 25 heavy (non-hydrogen) atoms. The molecule has 2 amide bonds. The van der Waals surface area contributed by atoms with Crippen molar-refractivity contribution in [2.45, 2.75) is 6.92 Å². The Morgan fingerprint density at radius 2 is 2.08 bits per heavy atom. The zero-order valence-electron chi connectivity index (χ0n) is 13.4. The molecule has 0 aliphatic carbocycles. The highest BCUT2D eigenvalue weighted by Crippen LogP contribution is 2.11. The topological polar surface area (TPSA) is 92.6 Å². The standard InChI is InChI=1S/C17H17N3O4S/c1-12-4-2-5-14(10-12)24-11-16(22)19-20-17(25)18-15(21)8-7-13-6-3-9-23-13/h2-10H,11H2,1H3,(H,19,22)(H2,18,20,21,25). The highest BCUT2D eigenvalue weighted by Gasteiger charge is 2.05. The Kier molecular flexibility index (Phi) is 6.73. The van der Waals surface area contributed by atoms with Crippen molar-refractivity contribution in [2.24, 2.45) is 0 Å². The van der Waals surface area contributed by atoms with Crippen LogP contribution in [0.25, 0.3) is 6.08 Å². The molecular weight excluding hydrogens is 342 g/mol. The van der Waals surface area contributed by atoms with Crippen LogP contribution >= 0.6 is 12.2 Å². The van der Waals surface area contributed by atoms with E-state index in [0.29, 0.717) is 11.5 Å². The van der Waals surface area contributed by atoms with Crippen LogP contribution in [0.15, 0.2) is 53.2 Å². The molecule has 3 N–H and O–H groups in total. The summed E-state index contributed by atoms with van der Waals surface area (Å²) in [6.07, 6.45) is 4.25. The molecule has 2 aromatic rings. The maximum absolute atomic E-state index is 11.7. The van der Waals surface area contributed by atoms with Crippen LogP contribution in [-0.2, 0) is 9.59 Å². The molecular formula is C17H17N3O4S. The van der Waals surface area contributed by atoms with E-state index >= 15 is 0 Å². The SMILES string of the molecule is Cc1cccc(OCC(=O)NNC(=S)NC(=O)C=Cc2ccco2)c1. The molecule has 2 rings (SSSR count). The smallest absolute Gasteiger partial charge is 0.276 e. The van der Waals surface area contributed by atoms with Crippen LogP contribution < -0.4 is 20.9 Å². The zero-order valence-corrected chi connectivity index (χ0v) is 14.3. The Hall–Kier alpha value is -3.13. The summed E-state index contributed by atoms with van der Waals surface area (Å²) in [6.45, 7) is 1.74. The lowest BCUT2D eigenvalue weighted by atomic mass is 10.2. The lowest BCUT2D eigenvalue weighted by Crippen LogP contribution is -2.49. The maximum atomic E-state index is 11.7. The van der Waals surface area contributed by atoms with Gasteiger partial charge in [-0.25, -0.2) is 0 Å². The van der Waals surface area contributed by atoms with Crippen molar-refractivity contribution < 1.29 is 18.7 Å². The summed E-state index contributed by atoms with van der Waals surface area (Å²) in [6, 6.07) is 10.7. The second kappa shape index (κ2) is 9.24. The molecule has 0 aliphatic heterocycles. The molecule has 7 nitrogen and oxygen atoms in total. The highest BCUT2D eigenvalue weighted by molar-refractivity contribution is 7.80. The van der Waals surface area contributed by atoms with Crippen molar-refractivity contribution in [1.82, 2.24) is 16.2 Å². The molecule has 0 fully saturated rings. The van der Waals surface area contributed by atoms with E-state index < -0.39 is 11.8 Å². The van der Waals surface area contributed by atoms with Crippen LogP contribution in [-0.4, -0.2) is 23.5 Å². The molecule has 0 saturated carbocycles. The van der Waals surface area contributed by atoms with Crippen LogP contribution in [0.4, 0.5) is 0 Å². The monoisotopic (exact) mass is 359 g/mol. The minimum Gasteiger partial charge on any atom is -0.484 e. The molecule has 1 aromatic carbocycles. The van der Waals surface area contributed by atoms with Crippen molar-refractivity contribution in [3.05, 3.63) is 60.1 Å². The number of benzene rings is 1. The first-order chi connectivity index (χ1) is 12.0. The number of nitrogens with one attached hydrogen (secondary N) is 3. The quantitative estimate of drug-likeness (QED) is 0.428. The molecule has 0 atom stereocenters. The Morgan fingerprint density at radius 1 is 1.24 bits per heavy atom. The number of rotatable bonds is 5. The Balaban J connectivity index is 1.66. The zero-order chi connectivity index (χ0) is 18.1. The van der Waals surface area contributed by atoms with E-state index in [0.717, 1.165) is 5.56 Å². The van der Waals surface area contributed by atoms with E-state index in [4.69, 9.17) is 21.4 Å². The number of thiocarbonyl (C=S) groups is 1. The van der Waals surface area contributed by atoms with Gasteiger partial charge in [0.2, 0.25) is 5.91 Å². The van der Waals surface area contributed by atoms with E-state index in [-0.39, 0.29) is 11.7 Å². The average Bonchev–Trinajstić information content (AvgIpc) is 3.10. The molecule has 1 heterocycles. The van der Waals surface area contributed by atoms with Gasteiger partial charge in [-0.05, 0) is 55.0 Å². The fourth-order valence-corrected chi connectivity index (χ4v) is 1.90. The van der Waals surface area contributed by atoms with Crippen molar-refractivity contribution in [3.8, 4) is 5.75 Å². The van der Waals surface area contributed by atoms with Gasteiger partial charge in [0.15, 0.2) is 11.7 Å². The second-order valence-electron chi connectivity index (χ2n) is 4.95. The van der Waals surface area contributed by atoms with Crippen LogP contribution in [0.1, 0.15) is 11.3 Å². The number of amides is 2. The summed E-state index contributed by atoms with van der Waals surface area (Å²) >= 11 is 4.90. The molecule has 0 spiro atoms. The van der Waals surface area contributed by atoms with Gasteiger partial charge in [0.25, 0.3) is 5.91 Å². The van der Waals surface area contributed by atoms with Gasteiger partial charge in [-0.1, -0.05) is 12.1 Å². The van der Waals surface area contributed by atoms with Gasteiger partial charge in [0.05, 0.1) is 6.26 Å². The van der Waals surface area contributed by atoms with E-state index in [1.54, 1.807) is 18.2 Å². The van der Waals surface area contributed by atoms with E-state index in [1.807, 2.05) is 25.1 Å².